The molecule has 58 heavy (non-hydrogen) atoms. The SMILES string of the molecule is Cc1cccc(-c2nc(-c3cccc(C)c3)nc(-c3cc(-c4cccc(-c5ccccn5)c4)cc(-c4nc(-c5cccc(C)c5)nc(-c5cccc(C)c5)n4)c3)n2)c1. The molecule has 0 aliphatic rings. The Morgan fingerprint density at radius 2 is 0.586 bits per heavy atom. The van der Waals surface area contributed by atoms with Gasteiger partial charge < -0.3 is 0 Å². The van der Waals surface area contributed by atoms with E-state index in [9.17, 15) is 0 Å². The van der Waals surface area contributed by atoms with Gasteiger partial charge in [-0.2, -0.15) is 0 Å². The second-order valence-corrected chi connectivity index (χ2v) is 14.7. The minimum absolute atomic E-state index is 0.541. The molecule has 278 valence electrons. The molecule has 0 saturated carbocycles. The van der Waals surface area contributed by atoms with Crippen LogP contribution < -0.4 is 0 Å². The molecule has 0 spiro atoms. The molecular weight excluding hydrogens is 711 g/mol. The van der Waals surface area contributed by atoms with Crippen LogP contribution in [0.1, 0.15) is 22.3 Å². The molecule has 7 heteroatoms. The van der Waals surface area contributed by atoms with E-state index in [0.29, 0.717) is 34.9 Å². The van der Waals surface area contributed by atoms with Crippen LogP contribution in [0.25, 0.3) is 90.7 Å². The van der Waals surface area contributed by atoms with Crippen LogP contribution in [0.15, 0.2) is 164 Å². The second kappa shape index (κ2) is 15.6. The zero-order valence-electron chi connectivity index (χ0n) is 32.7. The summed E-state index contributed by atoms with van der Waals surface area (Å²) in [5.41, 5.74) is 13.6. The van der Waals surface area contributed by atoms with Crippen molar-refractivity contribution in [3.63, 3.8) is 0 Å². The Kier molecular flexibility index (Phi) is 9.69. The highest BCUT2D eigenvalue weighted by Gasteiger charge is 2.18. The van der Waals surface area contributed by atoms with E-state index in [4.69, 9.17) is 29.9 Å². The lowest BCUT2D eigenvalue weighted by Gasteiger charge is -2.14. The van der Waals surface area contributed by atoms with Gasteiger partial charge in [0.15, 0.2) is 34.9 Å². The van der Waals surface area contributed by atoms with E-state index in [1.165, 1.54) is 0 Å². The van der Waals surface area contributed by atoms with Gasteiger partial charge in [-0.05, 0) is 99.5 Å². The van der Waals surface area contributed by atoms with Crippen molar-refractivity contribution in [2.75, 3.05) is 0 Å². The largest absolute Gasteiger partial charge is 0.256 e. The summed E-state index contributed by atoms with van der Waals surface area (Å²) in [7, 11) is 0. The number of pyridine rings is 1. The quantitative estimate of drug-likeness (QED) is 0.153. The number of aryl methyl sites for hydroxylation is 4. The van der Waals surface area contributed by atoms with Gasteiger partial charge in [-0.15, -0.1) is 0 Å². The average molecular weight is 750 g/mol. The summed E-state index contributed by atoms with van der Waals surface area (Å²) in [5.74, 6) is 3.46. The molecule has 0 atom stereocenters. The van der Waals surface area contributed by atoms with Gasteiger partial charge in [0.25, 0.3) is 0 Å². The van der Waals surface area contributed by atoms with Crippen molar-refractivity contribution in [1.82, 2.24) is 34.9 Å². The van der Waals surface area contributed by atoms with Crippen LogP contribution in [-0.4, -0.2) is 34.9 Å². The topological polar surface area (TPSA) is 90.2 Å². The minimum Gasteiger partial charge on any atom is -0.256 e. The third kappa shape index (κ3) is 7.79. The van der Waals surface area contributed by atoms with Crippen molar-refractivity contribution in [3.05, 3.63) is 186 Å². The highest BCUT2D eigenvalue weighted by Crippen LogP contribution is 2.35. The fraction of sp³-hybridized carbons (Fsp3) is 0.0784. The van der Waals surface area contributed by atoms with Gasteiger partial charge in [-0.3, -0.25) is 4.98 Å². The predicted molar refractivity (Wildman–Crippen MR) is 233 cm³/mol. The van der Waals surface area contributed by atoms with Crippen LogP contribution >= 0.6 is 0 Å². The molecule has 9 rings (SSSR count). The Morgan fingerprint density at radius 3 is 0.966 bits per heavy atom. The van der Waals surface area contributed by atoms with E-state index in [-0.39, 0.29) is 0 Å². The van der Waals surface area contributed by atoms with Crippen LogP contribution in [0.4, 0.5) is 0 Å². The third-order valence-corrected chi connectivity index (χ3v) is 9.98. The highest BCUT2D eigenvalue weighted by atomic mass is 15.0. The Morgan fingerprint density at radius 1 is 0.259 bits per heavy atom. The first-order chi connectivity index (χ1) is 28.3. The molecule has 0 unspecified atom stereocenters. The molecule has 3 heterocycles. The molecule has 7 nitrogen and oxygen atoms in total. The Balaban J connectivity index is 1.30. The van der Waals surface area contributed by atoms with E-state index >= 15 is 0 Å². The maximum Gasteiger partial charge on any atom is 0.164 e. The second-order valence-electron chi connectivity index (χ2n) is 14.7. The van der Waals surface area contributed by atoms with Gasteiger partial charge in [0.05, 0.1) is 5.69 Å². The zero-order valence-corrected chi connectivity index (χ0v) is 32.7. The minimum atomic E-state index is 0.541. The van der Waals surface area contributed by atoms with Gasteiger partial charge in [0, 0.05) is 45.1 Å². The van der Waals surface area contributed by atoms with E-state index in [2.05, 4.69) is 124 Å². The third-order valence-electron chi connectivity index (χ3n) is 9.98. The van der Waals surface area contributed by atoms with Crippen LogP contribution in [0, 0.1) is 27.7 Å². The number of nitrogens with zero attached hydrogens (tertiary/aromatic N) is 7. The monoisotopic (exact) mass is 749 g/mol. The normalized spacial score (nSPS) is 11.1. The number of benzene rings is 6. The van der Waals surface area contributed by atoms with Gasteiger partial charge in [-0.1, -0.05) is 119 Å². The van der Waals surface area contributed by atoms with Crippen LogP contribution in [-0.2, 0) is 0 Å². The Bertz CT molecular complexity index is 2670. The summed E-state index contributed by atoms with van der Waals surface area (Å²) >= 11 is 0. The van der Waals surface area contributed by atoms with E-state index in [0.717, 1.165) is 78.0 Å². The predicted octanol–water partition coefficient (Wildman–Crippen LogP) is 12.0. The molecule has 3 aromatic heterocycles. The Labute approximate surface area is 338 Å². The highest BCUT2D eigenvalue weighted by molar-refractivity contribution is 5.81. The van der Waals surface area contributed by atoms with E-state index < -0.39 is 0 Å². The molecule has 6 aromatic carbocycles. The molecule has 0 radical (unpaired) electrons. The summed E-state index contributed by atoms with van der Waals surface area (Å²) in [6, 6.07) is 53.8. The molecule has 0 aliphatic carbocycles. The number of hydrogen-bond donors (Lipinski definition) is 0. The maximum atomic E-state index is 5.16. The average Bonchev–Trinajstić information content (AvgIpc) is 3.26. The summed E-state index contributed by atoms with van der Waals surface area (Å²) < 4.78 is 0. The molecule has 0 aliphatic heterocycles. The van der Waals surface area contributed by atoms with Crippen molar-refractivity contribution in [2.45, 2.75) is 27.7 Å². The standard InChI is InChI=1S/C51H39N7/c1-32-12-7-18-38(24-32)46-53-47(39-19-8-13-33(2)25-39)56-50(55-46)43-29-42(36-16-11-17-37(28-36)45-22-5-6-23-52-45)30-44(31-43)51-57-48(40-20-9-14-34(3)26-40)54-49(58-51)41-21-10-15-35(4)27-41/h5-31H,1-4H3. The van der Waals surface area contributed by atoms with Crippen molar-refractivity contribution < 1.29 is 0 Å². The fourth-order valence-electron chi connectivity index (χ4n) is 7.11. The molecule has 0 saturated heterocycles. The van der Waals surface area contributed by atoms with E-state index in [1.54, 1.807) is 0 Å². The summed E-state index contributed by atoms with van der Waals surface area (Å²) in [5, 5.41) is 0. The summed E-state index contributed by atoms with van der Waals surface area (Å²) in [6.45, 7) is 8.30. The van der Waals surface area contributed by atoms with E-state index in [1.807, 2.05) is 72.9 Å². The lowest BCUT2D eigenvalue weighted by Crippen LogP contribution is -2.02. The van der Waals surface area contributed by atoms with Crippen molar-refractivity contribution in [1.29, 1.82) is 0 Å². The molecule has 0 N–H and O–H groups in total. The van der Waals surface area contributed by atoms with Crippen LogP contribution in [0.5, 0.6) is 0 Å². The molecule has 0 amide bonds. The van der Waals surface area contributed by atoms with Crippen molar-refractivity contribution in [2.24, 2.45) is 0 Å². The number of rotatable bonds is 8. The zero-order chi connectivity index (χ0) is 39.6. The number of aromatic nitrogens is 7. The van der Waals surface area contributed by atoms with Gasteiger partial charge >= 0.3 is 0 Å². The molecule has 9 aromatic rings. The first-order valence-corrected chi connectivity index (χ1v) is 19.3. The van der Waals surface area contributed by atoms with Crippen molar-refractivity contribution in [3.8, 4) is 90.7 Å². The Hall–Kier alpha value is -7.51. The number of hydrogen-bond acceptors (Lipinski definition) is 7. The smallest absolute Gasteiger partial charge is 0.164 e. The maximum absolute atomic E-state index is 5.16. The van der Waals surface area contributed by atoms with Gasteiger partial charge in [-0.25, -0.2) is 29.9 Å². The molecule has 0 fully saturated rings. The molecule has 0 bridgehead atoms. The van der Waals surface area contributed by atoms with Crippen molar-refractivity contribution >= 4 is 0 Å². The lowest BCUT2D eigenvalue weighted by molar-refractivity contribution is 1.07. The summed E-state index contributed by atoms with van der Waals surface area (Å²) in [4.78, 5) is 35.3. The van der Waals surface area contributed by atoms with Crippen LogP contribution in [0.3, 0.4) is 0 Å². The summed E-state index contributed by atoms with van der Waals surface area (Å²) in [6.07, 6.45) is 1.82. The molecular formula is C51H39N7. The van der Waals surface area contributed by atoms with Gasteiger partial charge in [0.2, 0.25) is 0 Å². The first kappa shape index (κ1) is 36.1. The van der Waals surface area contributed by atoms with Gasteiger partial charge in [0.1, 0.15) is 0 Å². The fourth-order valence-corrected chi connectivity index (χ4v) is 7.11. The first-order valence-electron chi connectivity index (χ1n) is 19.3. The lowest BCUT2D eigenvalue weighted by atomic mass is 9.96. The van der Waals surface area contributed by atoms with Crippen LogP contribution in [0.2, 0.25) is 0 Å².